The van der Waals surface area contributed by atoms with E-state index in [0.717, 1.165) is 68.6 Å². The Morgan fingerprint density at radius 1 is 0.963 bits per heavy atom. The summed E-state index contributed by atoms with van der Waals surface area (Å²) in [7, 11) is -3.44. The number of hydrogen-bond acceptors (Lipinski definition) is 3. The molecule has 3 rings (SSSR count). The molecule has 152 valence electrons. The summed E-state index contributed by atoms with van der Waals surface area (Å²) < 4.78 is 28.7. The van der Waals surface area contributed by atoms with Gasteiger partial charge in [0.05, 0.1) is 13.1 Å². The second kappa shape index (κ2) is 7.84. The normalized spacial score (nSPS) is 27.9. The maximum absolute atomic E-state index is 14.2. The van der Waals surface area contributed by atoms with Crippen LogP contribution in [0.1, 0.15) is 56.2 Å². The Hall–Kier alpha value is -0.910. The van der Waals surface area contributed by atoms with Crippen molar-refractivity contribution in [1.29, 1.82) is 0 Å². The minimum Gasteiger partial charge on any atom is -0.316 e. The average Bonchev–Trinajstić information content (AvgIpc) is 2.61. The molecule has 0 aliphatic carbocycles. The topological polar surface area (TPSA) is 46.2 Å². The van der Waals surface area contributed by atoms with Crippen LogP contribution < -0.4 is 5.32 Å². The minimum atomic E-state index is -3.44. The Labute approximate surface area is 166 Å². The number of nitrogens with zero attached hydrogens (tertiary/aromatic N) is 1. The molecule has 0 unspecified atom stereocenters. The first kappa shape index (κ1) is 20.8. The third-order valence-corrected chi connectivity index (χ3v) is 9.80. The maximum Gasteiger partial charge on any atom is 0.328 e. The molecule has 27 heavy (non-hydrogen) atoms. The van der Waals surface area contributed by atoms with Gasteiger partial charge in [-0.3, -0.25) is 0 Å². The van der Waals surface area contributed by atoms with Crippen LogP contribution in [-0.2, 0) is 10.0 Å². The predicted molar refractivity (Wildman–Crippen MR) is 111 cm³/mol. The van der Waals surface area contributed by atoms with Gasteiger partial charge < -0.3 is 5.32 Å². The highest BCUT2D eigenvalue weighted by Gasteiger charge is 2.52. The van der Waals surface area contributed by atoms with E-state index in [1.54, 1.807) is 0 Å². The van der Waals surface area contributed by atoms with Gasteiger partial charge in [0, 0.05) is 38.8 Å². The zero-order valence-corrected chi connectivity index (χ0v) is 18.5. The molecule has 4 nitrogen and oxygen atoms in total. The van der Waals surface area contributed by atoms with E-state index in [1.807, 2.05) is 32.9 Å². The highest BCUT2D eigenvalue weighted by molar-refractivity contribution is 7.86. The lowest BCUT2D eigenvalue weighted by Crippen LogP contribution is -2.64. The molecule has 0 spiro atoms. The Bertz CT molecular complexity index is 748. The van der Waals surface area contributed by atoms with E-state index >= 15 is 0 Å². The largest absolute Gasteiger partial charge is 0.328 e. The molecule has 1 N–H and O–H groups in total. The number of aryl methyl sites for hydroxylation is 3. The molecule has 5 heteroatoms. The van der Waals surface area contributed by atoms with E-state index in [4.69, 9.17) is 0 Å². The summed E-state index contributed by atoms with van der Waals surface area (Å²) in [6.07, 6.45) is 3.95. The molecule has 0 radical (unpaired) electrons. The Kier molecular flexibility index (Phi) is 6.05. The standard InChI is InChI=1S/C22H37N2O2S/c1-16(2)20-8-12-24(13-9-20,21-6-10-23-11-7-21)27(25,26)22-18(4)14-17(3)15-19(22)5/h14-16,20-21,23H,6-13H2,1-5H3/q+1. The zero-order chi connectivity index (χ0) is 19.8. The predicted octanol–water partition coefficient (Wildman–Crippen LogP) is 3.94. The summed E-state index contributed by atoms with van der Waals surface area (Å²) in [6, 6.07) is 4.27. The van der Waals surface area contributed by atoms with Gasteiger partial charge in [0.2, 0.25) is 0 Å². The first-order chi connectivity index (χ1) is 12.7. The number of piperidine rings is 2. The van der Waals surface area contributed by atoms with Crippen molar-refractivity contribution in [3.8, 4) is 0 Å². The van der Waals surface area contributed by atoms with Crippen LogP contribution in [0.15, 0.2) is 17.0 Å². The van der Waals surface area contributed by atoms with Gasteiger partial charge in [0.15, 0.2) is 0 Å². The van der Waals surface area contributed by atoms with E-state index in [-0.39, 0.29) is 9.93 Å². The third-order valence-electron chi connectivity index (χ3n) is 7.02. The molecule has 0 bridgehead atoms. The van der Waals surface area contributed by atoms with Crippen LogP contribution >= 0.6 is 0 Å². The second-order valence-corrected chi connectivity index (χ2v) is 11.3. The van der Waals surface area contributed by atoms with Crippen molar-refractivity contribution >= 4 is 10.0 Å². The summed E-state index contributed by atoms with van der Waals surface area (Å²) in [5.41, 5.74) is 2.95. The molecule has 2 fully saturated rings. The Balaban J connectivity index is 2.08. The zero-order valence-electron chi connectivity index (χ0n) is 17.7. The van der Waals surface area contributed by atoms with Gasteiger partial charge in [-0.2, -0.15) is 8.42 Å². The summed E-state index contributed by atoms with van der Waals surface area (Å²) in [5.74, 6) is 1.28. The molecule has 0 aromatic heterocycles. The molecule has 2 aliphatic rings. The smallest absolute Gasteiger partial charge is 0.316 e. The van der Waals surface area contributed by atoms with Crippen LogP contribution in [0.2, 0.25) is 0 Å². The monoisotopic (exact) mass is 393 g/mol. The molecule has 0 saturated carbocycles. The highest BCUT2D eigenvalue weighted by Crippen LogP contribution is 2.40. The van der Waals surface area contributed by atoms with Gasteiger partial charge in [-0.05, 0) is 43.7 Å². The van der Waals surface area contributed by atoms with Crippen LogP contribution in [0, 0.1) is 32.6 Å². The van der Waals surface area contributed by atoms with Crippen molar-refractivity contribution in [2.75, 3.05) is 26.2 Å². The van der Waals surface area contributed by atoms with Gasteiger partial charge >= 0.3 is 10.0 Å². The molecule has 0 atom stereocenters. The Morgan fingerprint density at radius 2 is 1.48 bits per heavy atom. The van der Waals surface area contributed by atoms with Gasteiger partial charge in [0.1, 0.15) is 10.9 Å². The third kappa shape index (κ3) is 3.70. The van der Waals surface area contributed by atoms with Gasteiger partial charge in [-0.25, -0.2) is 3.89 Å². The number of likely N-dealkylation sites (tertiary alicyclic amines) is 1. The molecular weight excluding hydrogens is 356 g/mol. The van der Waals surface area contributed by atoms with Gasteiger partial charge in [0.25, 0.3) is 0 Å². The fourth-order valence-corrected chi connectivity index (χ4v) is 8.12. The van der Waals surface area contributed by atoms with E-state index in [0.29, 0.717) is 16.7 Å². The highest BCUT2D eigenvalue weighted by atomic mass is 32.2. The first-order valence-corrected chi connectivity index (χ1v) is 12.0. The number of nitrogens with one attached hydrogen (secondary N) is 1. The number of hydrogen-bond donors (Lipinski definition) is 1. The van der Waals surface area contributed by atoms with Crippen molar-refractivity contribution < 1.29 is 12.3 Å². The van der Waals surface area contributed by atoms with E-state index in [2.05, 4.69) is 19.2 Å². The fraction of sp³-hybridized carbons (Fsp3) is 0.727. The maximum atomic E-state index is 14.2. The minimum absolute atomic E-state index is 0.212. The second-order valence-electron chi connectivity index (χ2n) is 9.17. The number of quaternary nitrogens is 1. The van der Waals surface area contributed by atoms with Crippen molar-refractivity contribution in [1.82, 2.24) is 5.32 Å². The van der Waals surface area contributed by atoms with Gasteiger partial charge in [-0.1, -0.05) is 31.5 Å². The van der Waals surface area contributed by atoms with Crippen molar-refractivity contribution in [3.05, 3.63) is 28.8 Å². The Morgan fingerprint density at radius 3 is 1.96 bits per heavy atom. The quantitative estimate of drug-likeness (QED) is 0.788. The summed E-state index contributed by atoms with van der Waals surface area (Å²) in [5, 5.41) is 3.41. The van der Waals surface area contributed by atoms with Crippen LogP contribution in [0.5, 0.6) is 0 Å². The lowest BCUT2D eigenvalue weighted by Gasteiger charge is -2.49. The molecule has 2 aliphatic heterocycles. The van der Waals surface area contributed by atoms with E-state index < -0.39 is 10.0 Å². The molecule has 1 aromatic rings. The van der Waals surface area contributed by atoms with Crippen LogP contribution in [0.3, 0.4) is 0 Å². The summed E-state index contributed by atoms with van der Waals surface area (Å²) >= 11 is 0. The SMILES string of the molecule is Cc1cc(C)c(S(=O)(=O)[N+]2(C3CCNCC3)CCC(C(C)C)CC2)c(C)c1. The number of sulfonamides is 1. The lowest BCUT2D eigenvalue weighted by molar-refractivity contribution is -0.841. The molecule has 2 saturated heterocycles. The molecular formula is C22H37N2O2S+. The van der Waals surface area contributed by atoms with Crippen LogP contribution in [-0.4, -0.2) is 44.5 Å². The number of rotatable bonds is 4. The van der Waals surface area contributed by atoms with Gasteiger partial charge in [-0.15, -0.1) is 0 Å². The summed E-state index contributed by atoms with van der Waals surface area (Å²) in [6.45, 7) is 13.9. The van der Waals surface area contributed by atoms with Crippen molar-refractivity contribution in [2.45, 2.75) is 71.2 Å². The van der Waals surface area contributed by atoms with E-state index in [1.165, 1.54) is 0 Å². The van der Waals surface area contributed by atoms with Crippen LogP contribution in [0.25, 0.3) is 0 Å². The number of benzene rings is 1. The molecule has 1 aromatic carbocycles. The fourth-order valence-electron chi connectivity index (χ4n) is 5.53. The van der Waals surface area contributed by atoms with Crippen molar-refractivity contribution in [2.24, 2.45) is 11.8 Å². The van der Waals surface area contributed by atoms with E-state index in [9.17, 15) is 8.42 Å². The van der Waals surface area contributed by atoms with Crippen molar-refractivity contribution in [3.63, 3.8) is 0 Å². The molecule has 0 amide bonds. The lowest BCUT2D eigenvalue weighted by atomic mass is 9.85. The average molecular weight is 394 g/mol. The molecule has 2 heterocycles. The first-order valence-electron chi connectivity index (χ1n) is 10.6. The summed E-state index contributed by atoms with van der Waals surface area (Å²) in [4.78, 5) is 0.592. The van der Waals surface area contributed by atoms with Crippen LogP contribution in [0.4, 0.5) is 0 Å².